The molecule has 2 aliphatic rings. The van der Waals surface area contributed by atoms with E-state index in [1.54, 1.807) is 17.3 Å². The second-order valence-corrected chi connectivity index (χ2v) is 5.22. The van der Waals surface area contributed by atoms with Gasteiger partial charge in [-0.2, -0.15) is 5.10 Å². The van der Waals surface area contributed by atoms with Gasteiger partial charge in [-0.1, -0.05) is 0 Å². The number of carbonyl (C=O) groups excluding carboxylic acids is 2. The van der Waals surface area contributed by atoms with Crippen LogP contribution in [0, 0.1) is 0 Å². The molecule has 1 aromatic heterocycles. The van der Waals surface area contributed by atoms with Crippen molar-refractivity contribution in [2.24, 2.45) is 5.10 Å². The molecule has 7 heteroatoms. The molecule has 7 nitrogen and oxygen atoms in total. The van der Waals surface area contributed by atoms with Gasteiger partial charge < -0.3 is 10.2 Å². The number of anilines is 1. The maximum atomic E-state index is 12.2. The van der Waals surface area contributed by atoms with Crippen LogP contribution < -0.4 is 10.7 Å². The fraction of sp³-hybridized carbons (Fsp3) is 0.429. The molecule has 0 bridgehead atoms. The van der Waals surface area contributed by atoms with Crippen LogP contribution in [-0.4, -0.2) is 46.5 Å². The molecular formula is C14H17N5O2. The van der Waals surface area contributed by atoms with Crippen LogP contribution in [0.5, 0.6) is 0 Å². The van der Waals surface area contributed by atoms with E-state index in [1.807, 2.05) is 12.1 Å². The standard InChI is InChI=1S/C14H17N5O2/c20-13-9-12(17-18-13)14(21)19-7-3-11(4-8-19)16-10-1-5-15-6-2-10/h1-2,5-6,11H,3-4,7-9H2,(H,15,16)(H,18,20). The summed E-state index contributed by atoms with van der Waals surface area (Å²) in [6.45, 7) is 1.35. The number of hydrazone groups is 1. The van der Waals surface area contributed by atoms with Gasteiger partial charge in [0.05, 0.1) is 6.42 Å². The number of amides is 2. The zero-order valence-corrected chi connectivity index (χ0v) is 11.6. The van der Waals surface area contributed by atoms with Crippen LogP contribution in [0.25, 0.3) is 0 Å². The third-order valence-corrected chi connectivity index (χ3v) is 3.72. The minimum atomic E-state index is -0.215. The maximum Gasteiger partial charge on any atom is 0.270 e. The van der Waals surface area contributed by atoms with Crippen LogP contribution in [0.3, 0.4) is 0 Å². The lowest BCUT2D eigenvalue weighted by Crippen LogP contribution is -2.44. The van der Waals surface area contributed by atoms with E-state index < -0.39 is 0 Å². The third-order valence-electron chi connectivity index (χ3n) is 3.72. The van der Waals surface area contributed by atoms with Gasteiger partial charge in [-0.05, 0) is 25.0 Å². The predicted octanol–water partition coefficient (Wildman–Crippen LogP) is 0.360. The van der Waals surface area contributed by atoms with Crippen LogP contribution in [-0.2, 0) is 9.59 Å². The molecule has 2 amide bonds. The van der Waals surface area contributed by atoms with E-state index in [0.717, 1.165) is 18.5 Å². The molecule has 0 atom stereocenters. The summed E-state index contributed by atoms with van der Waals surface area (Å²) in [4.78, 5) is 29.0. The van der Waals surface area contributed by atoms with Gasteiger partial charge >= 0.3 is 0 Å². The molecule has 3 rings (SSSR count). The molecule has 0 aromatic carbocycles. The summed E-state index contributed by atoms with van der Waals surface area (Å²) in [5.74, 6) is -0.344. The van der Waals surface area contributed by atoms with Crippen LogP contribution >= 0.6 is 0 Å². The van der Waals surface area contributed by atoms with Crippen molar-refractivity contribution in [3.8, 4) is 0 Å². The predicted molar refractivity (Wildman–Crippen MR) is 77.7 cm³/mol. The van der Waals surface area contributed by atoms with Gasteiger partial charge in [0.15, 0.2) is 0 Å². The summed E-state index contributed by atoms with van der Waals surface area (Å²) >= 11 is 0. The van der Waals surface area contributed by atoms with E-state index in [0.29, 0.717) is 24.8 Å². The second kappa shape index (κ2) is 5.90. The SMILES string of the molecule is O=C1CC(C(=O)N2CCC(Nc3ccncc3)CC2)=NN1. The van der Waals surface area contributed by atoms with Gasteiger partial charge in [-0.15, -0.1) is 0 Å². The molecule has 0 saturated carbocycles. The first-order chi connectivity index (χ1) is 10.2. The van der Waals surface area contributed by atoms with E-state index >= 15 is 0 Å². The summed E-state index contributed by atoms with van der Waals surface area (Å²) in [6, 6.07) is 4.21. The second-order valence-electron chi connectivity index (χ2n) is 5.22. The van der Waals surface area contributed by atoms with E-state index in [2.05, 4.69) is 20.8 Å². The first-order valence-corrected chi connectivity index (χ1v) is 7.03. The summed E-state index contributed by atoms with van der Waals surface area (Å²) in [5, 5.41) is 7.22. The topological polar surface area (TPSA) is 86.7 Å². The minimum Gasteiger partial charge on any atom is -0.382 e. The van der Waals surface area contributed by atoms with Crippen LogP contribution in [0.4, 0.5) is 5.69 Å². The Morgan fingerprint density at radius 3 is 2.62 bits per heavy atom. The lowest BCUT2D eigenvalue weighted by molar-refractivity contribution is -0.125. The number of hydrogen-bond acceptors (Lipinski definition) is 5. The number of carbonyl (C=O) groups is 2. The number of nitrogens with one attached hydrogen (secondary N) is 2. The van der Waals surface area contributed by atoms with Crippen molar-refractivity contribution in [3.63, 3.8) is 0 Å². The fourth-order valence-corrected chi connectivity index (χ4v) is 2.58. The molecular weight excluding hydrogens is 270 g/mol. The highest BCUT2D eigenvalue weighted by Gasteiger charge is 2.29. The van der Waals surface area contributed by atoms with Crippen molar-refractivity contribution in [2.45, 2.75) is 25.3 Å². The first kappa shape index (κ1) is 13.5. The molecule has 3 heterocycles. The van der Waals surface area contributed by atoms with Crippen molar-refractivity contribution in [2.75, 3.05) is 18.4 Å². The smallest absolute Gasteiger partial charge is 0.270 e. The van der Waals surface area contributed by atoms with Gasteiger partial charge in [-0.25, -0.2) is 5.43 Å². The largest absolute Gasteiger partial charge is 0.382 e. The lowest BCUT2D eigenvalue weighted by atomic mass is 10.0. The van der Waals surface area contributed by atoms with Gasteiger partial charge in [0, 0.05) is 37.2 Å². The highest BCUT2D eigenvalue weighted by atomic mass is 16.2. The van der Waals surface area contributed by atoms with Crippen molar-refractivity contribution in [1.29, 1.82) is 0 Å². The number of nitrogens with zero attached hydrogens (tertiary/aromatic N) is 3. The molecule has 0 radical (unpaired) electrons. The van der Waals surface area contributed by atoms with Gasteiger partial charge in [0.2, 0.25) is 5.91 Å². The van der Waals surface area contributed by atoms with Crippen LogP contribution in [0.15, 0.2) is 29.6 Å². The van der Waals surface area contributed by atoms with Gasteiger partial charge in [0.1, 0.15) is 5.71 Å². The number of aromatic nitrogens is 1. The molecule has 2 N–H and O–H groups in total. The molecule has 1 fully saturated rings. The Labute approximate surface area is 122 Å². The molecule has 1 aromatic rings. The molecule has 1 saturated heterocycles. The summed E-state index contributed by atoms with van der Waals surface area (Å²) in [7, 11) is 0. The number of rotatable bonds is 3. The summed E-state index contributed by atoms with van der Waals surface area (Å²) < 4.78 is 0. The first-order valence-electron chi connectivity index (χ1n) is 7.03. The average molecular weight is 287 g/mol. The monoisotopic (exact) mass is 287 g/mol. The molecule has 2 aliphatic heterocycles. The van der Waals surface area contributed by atoms with Crippen LogP contribution in [0.2, 0.25) is 0 Å². The minimum absolute atomic E-state index is 0.0913. The Bertz CT molecular complexity index is 564. The Balaban J connectivity index is 1.51. The third kappa shape index (κ3) is 3.18. The quantitative estimate of drug-likeness (QED) is 0.840. The number of piperidine rings is 1. The van der Waals surface area contributed by atoms with E-state index in [4.69, 9.17) is 0 Å². The zero-order valence-electron chi connectivity index (χ0n) is 11.6. The van der Waals surface area contributed by atoms with Crippen molar-refractivity contribution in [3.05, 3.63) is 24.5 Å². The fourth-order valence-electron chi connectivity index (χ4n) is 2.58. The average Bonchev–Trinajstić information content (AvgIpc) is 2.95. The van der Waals surface area contributed by atoms with Crippen molar-refractivity contribution >= 4 is 23.2 Å². The summed E-state index contributed by atoms with van der Waals surface area (Å²) in [5.41, 5.74) is 3.68. The van der Waals surface area contributed by atoms with E-state index in [-0.39, 0.29) is 18.2 Å². The highest BCUT2D eigenvalue weighted by molar-refractivity contribution is 6.43. The van der Waals surface area contributed by atoms with Gasteiger partial charge in [0.25, 0.3) is 5.91 Å². The normalized spacial score (nSPS) is 19.1. The Morgan fingerprint density at radius 2 is 2.00 bits per heavy atom. The highest BCUT2D eigenvalue weighted by Crippen LogP contribution is 2.17. The molecule has 110 valence electrons. The van der Waals surface area contributed by atoms with E-state index in [1.165, 1.54) is 0 Å². The molecule has 0 aliphatic carbocycles. The zero-order chi connectivity index (χ0) is 14.7. The number of likely N-dealkylation sites (tertiary alicyclic amines) is 1. The molecule has 0 spiro atoms. The van der Waals surface area contributed by atoms with Crippen molar-refractivity contribution in [1.82, 2.24) is 15.3 Å². The van der Waals surface area contributed by atoms with E-state index in [9.17, 15) is 9.59 Å². The van der Waals surface area contributed by atoms with Crippen molar-refractivity contribution < 1.29 is 9.59 Å². The summed E-state index contributed by atoms with van der Waals surface area (Å²) in [6.07, 6.45) is 5.35. The van der Waals surface area contributed by atoms with Crippen LogP contribution in [0.1, 0.15) is 19.3 Å². The lowest BCUT2D eigenvalue weighted by Gasteiger charge is -2.32. The maximum absolute atomic E-state index is 12.2. The Hall–Kier alpha value is -2.44. The Kier molecular flexibility index (Phi) is 3.81. The Morgan fingerprint density at radius 1 is 1.29 bits per heavy atom. The molecule has 21 heavy (non-hydrogen) atoms. The van der Waals surface area contributed by atoms with Gasteiger partial charge in [-0.3, -0.25) is 14.6 Å². The molecule has 0 unspecified atom stereocenters. The number of pyridine rings is 1. The number of hydrogen-bond donors (Lipinski definition) is 2.